The number of rotatable bonds is 2. The first-order chi connectivity index (χ1) is 7.72. The number of aromatic nitrogens is 2. The zero-order valence-electron chi connectivity index (χ0n) is 9.30. The lowest BCUT2D eigenvalue weighted by atomic mass is 9.92. The third-order valence-corrected chi connectivity index (χ3v) is 3.42. The smallest absolute Gasteiger partial charge is 0.171 e. The highest BCUT2D eigenvalue weighted by molar-refractivity contribution is 6.31. The Kier molecular flexibility index (Phi) is 3.61. The van der Waals surface area contributed by atoms with Gasteiger partial charge in [-0.05, 0) is 12.8 Å². The molecule has 1 fully saturated rings. The third kappa shape index (κ3) is 2.28. The summed E-state index contributed by atoms with van der Waals surface area (Å²) in [6, 6.07) is 0. The summed E-state index contributed by atoms with van der Waals surface area (Å²) in [5.41, 5.74) is 0. The summed E-state index contributed by atoms with van der Waals surface area (Å²) in [4.78, 5) is 10.4. The molecule has 0 unspecified atom stereocenters. The first-order valence-corrected chi connectivity index (χ1v) is 5.99. The summed E-state index contributed by atoms with van der Waals surface area (Å²) in [5, 5.41) is 10.2. The lowest BCUT2D eigenvalue weighted by Crippen LogP contribution is -2.43. The van der Waals surface area contributed by atoms with Crippen molar-refractivity contribution in [3.63, 3.8) is 0 Å². The molecule has 1 aliphatic rings. The van der Waals surface area contributed by atoms with Crippen LogP contribution in [0, 0.1) is 5.92 Å². The van der Waals surface area contributed by atoms with Crippen LogP contribution >= 0.6 is 11.6 Å². The average molecular weight is 242 g/mol. The molecule has 88 valence electrons. The Morgan fingerprint density at radius 1 is 1.50 bits per heavy atom. The van der Waals surface area contributed by atoms with Crippen LogP contribution in [-0.4, -0.2) is 34.3 Å². The number of aliphatic hydroxyl groups excluding tert-OH is 1. The normalized spacial score (nSPS) is 25.8. The van der Waals surface area contributed by atoms with Crippen molar-refractivity contribution in [2.24, 2.45) is 5.92 Å². The number of hydrogen-bond acceptors (Lipinski definition) is 4. The predicted molar refractivity (Wildman–Crippen MR) is 63.7 cm³/mol. The van der Waals surface area contributed by atoms with E-state index < -0.39 is 0 Å². The maximum absolute atomic E-state index is 9.81. The van der Waals surface area contributed by atoms with Gasteiger partial charge >= 0.3 is 0 Å². The molecule has 2 rings (SSSR count). The van der Waals surface area contributed by atoms with Gasteiger partial charge in [-0.3, -0.25) is 0 Å². The topological polar surface area (TPSA) is 49.2 Å². The van der Waals surface area contributed by atoms with Crippen LogP contribution in [0.5, 0.6) is 0 Å². The van der Waals surface area contributed by atoms with E-state index in [1.165, 1.54) is 0 Å². The minimum absolute atomic E-state index is 0.198. The Balaban J connectivity index is 2.14. The standard InChI is InChI=1S/C11H16ClN3O/c1-2-8-7-15(6-3-9(8)16)11-10(12)13-4-5-14-11/h4-5,8-9,16H,2-3,6-7H2,1H3/t8-,9+/m0/s1. The second kappa shape index (κ2) is 4.97. The van der Waals surface area contributed by atoms with Crippen LogP contribution in [-0.2, 0) is 0 Å². The van der Waals surface area contributed by atoms with Crippen LogP contribution in [0.4, 0.5) is 5.82 Å². The van der Waals surface area contributed by atoms with E-state index in [2.05, 4.69) is 21.8 Å². The van der Waals surface area contributed by atoms with Gasteiger partial charge in [0.15, 0.2) is 11.0 Å². The molecule has 1 saturated heterocycles. The largest absolute Gasteiger partial charge is 0.393 e. The number of anilines is 1. The highest BCUT2D eigenvalue weighted by Gasteiger charge is 2.28. The van der Waals surface area contributed by atoms with Crippen LogP contribution in [0.2, 0.25) is 5.15 Å². The van der Waals surface area contributed by atoms with Gasteiger partial charge in [0, 0.05) is 31.4 Å². The van der Waals surface area contributed by atoms with Crippen molar-refractivity contribution in [2.45, 2.75) is 25.9 Å². The molecular formula is C11H16ClN3O. The molecule has 2 atom stereocenters. The molecule has 1 aromatic heterocycles. The minimum Gasteiger partial charge on any atom is -0.393 e. The highest BCUT2D eigenvalue weighted by atomic mass is 35.5. The molecule has 2 heterocycles. The van der Waals surface area contributed by atoms with Crippen molar-refractivity contribution < 1.29 is 5.11 Å². The van der Waals surface area contributed by atoms with Crippen molar-refractivity contribution >= 4 is 17.4 Å². The Labute approximate surface area is 100 Å². The fraction of sp³-hybridized carbons (Fsp3) is 0.636. The molecule has 0 amide bonds. The van der Waals surface area contributed by atoms with Gasteiger partial charge in [0.05, 0.1) is 6.10 Å². The predicted octanol–water partition coefficient (Wildman–Crippen LogP) is 1.73. The number of aliphatic hydroxyl groups is 1. The first kappa shape index (κ1) is 11.6. The summed E-state index contributed by atoms with van der Waals surface area (Å²) >= 11 is 6.01. The van der Waals surface area contributed by atoms with E-state index in [0.717, 1.165) is 31.7 Å². The van der Waals surface area contributed by atoms with Crippen molar-refractivity contribution in [2.75, 3.05) is 18.0 Å². The summed E-state index contributed by atoms with van der Waals surface area (Å²) in [7, 11) is 0. The Morgan fingerprint density at radius 3 is 2.94 bits per heavy atom. The number of halogens is 1. The Morgan fingerprint density at radius 2 is 2.25 bits per heavy atom. The average Bonchev–Trinajstić information content (AvgIpc) is 2.31. The van der Waals surface area contributed by atoms with E-state index >= 15 is 0 Å². The molecule has 5 heteroatoms. The lowest BCUT2D eigenvalue weighted by molar-refractivity contribution is 0.0858. The quantitative estimate of drug-likeness (QED) is 0.857. The highest BCUT2D eigenvalue weighted by Crippen LogP contribution is 2.27. The van der Waals surface area contributed by atoms with Crippen LogP contribution in [0.15, 0.2) is 12.4 Å². The molecule has 1 aromatic rings. The number of piperidine rings is 1. The molecule has 4 nitrogen and oxygen atoms in total. The molecule has 0 aliphatic carbocycles. The van der Waals surface area contributed by atoms with Gasteiger partial charge < -0.3 is 10.0 Å². The van der Waals surface area contributed by atoms with E-state index in [1.807, 2.05) is 0 Å². The van der Waals surface area contributed by atoms with E-state index in [1.54, 1.807) is 12.4 Å². The van der Waals surface area contributed by atoms with Gasteiger partial charge in [-0.15, -0.1) is 0 Å². The molecule has 1 aliphatic heterocycles. The third-order valence-electron chi connectivity index (χ3n) is 3.15. The van der Waals surface area contributed by atoms with Gasteiger partial charge in [-0.1, -0.05) is 18.5 Å². The van der Waals surface area contributed by atoms with Crippen molar-refractivity contribution in [3.8, 4) is 0 Å². The molecule has 0 saturated carbocycles. The van der Waals surface area contributed by atoms with Gasteiger partial charge in [0.1, 0.15) is 0 Å². The molecular weight excluding hydrogens is 226 g/mol. The van der Waals surface area contributed by atoms with Crippen molar-refractivity contribution in [1.82, 2.24) is 9.97 Å². The van der Waals surface area contributed by atoms with E-state index in [0.29, 0.717) is 11.1 Å². The van der Waals surface area contributed by atoms with Crippen LogP contribution in [0.25, 0.3) is 0 Å². The molecule has 0 radical (unpaired) electrons. The van der Waals surface area contributed by atoms with E-state index in [9.17, 15) is 5.11 Å². The van der Waals surface area contributed by atoms with Crippen LogP contribution in [0.1, 0.15) is 19.8 Å². The number of hydrogen-bond donors (Lipinski definition) is 1. The van der Waals surface area contributed by atoms with Crippen LogP contribution in [0.3, 0.4) is 0 Å². The second-order valence-corrected chi connectivity index (χ2v) is 4.50. The van der Waals surface area contributed by atoms with Gasteiger partial charge in [0.2, 0.25) is 0 Å². The minimum atomic E-state index is -0.198. The molecule has 1 N–H and O–H groups in total. The summed E-state index contributed by atoms with van der Waals surface area (Å²) < 4.78 is 0. The first-order valence-electron chi connectivity index (χ1n) is 5.62. The second-order valence-electron chi connectivity index (χ2n) is 4.14. The zero-order chi connectivity index (χ0) is 11.5. The Hall–Kier alpha value is -0.870. The monoisotopic (exact) mass is 241 g/mol. The molecule has 16 heavy (non-hydrogen) atoms. The lowest BCUT2D eigenvalue weighted by Gasteiger charge is -2.36. The summed E-state index contributed by atoms with van der Waals surface area (Å²) in [6.07, 6.45) is 4.77. The van der Waals surface area contributed by atoms with Gasteiger partial charge in [-0.25, -0.2) is 9.97 Å². The van der Waals surface area contributed by atoms with Crippen LogP contribution < -0.4 is 4.90 Å². The summed E-state index contributed by atoms with van der Waals surface area (Å²) in [6.45, 7) is 3.68. The maximum atomic E-state index is 9.81. The molecule has 0 aromatic carbocycles. The number of nitrogens with zero attached hydrogens (tertiary/aromatic N) is 3. The van der Waals surface area contributed by atoms with Gasteiger partial charge in [-0.2, -0.15) is 0 Å². The molecule has 0 spiro atoms. The zero-order valence-corrected chi connectivity index (χ0v) is 10.1. The van der Waals surface area contributed by atoms with E-state index in [-0.39, 0.29) is 6.10 Å². The van der Waals surface area contributed by atoms with Crippen molar-refractivity contribution in [3.05, 3.63) is 17.5 Å². The maximum Gasteiger partial charge on any atom is 0.171 e. The summed E-state index contributed by atoms with van der Waals surface area (Å²) in [5.74, 6) is 1.03. The fourth-order valence-electron chi connectivity index (χ4n) is 2.14. The van der Waals surface area contributed by atoms with Crippen molar-refractivity contribution in [1.29, 1.82) is 0 Å². The fourth-order valence-corrected chi connectivity index (χ4v) is 2.36. The SMILES string of the molecule is CC[C@H]1CN(c2nccnc2Cl)CC[C@H]1O. The Bertz CT molecular complexity index is 361. The van der Waals surface area contributed by atoms with E-state index in [4.69, 9.17) is 11.6 Å². The van der Waals surface area contributed by atoms with Gasteiger partial charge in [0.25, 0.3) is 0 Å². The molecule has 0 bridgehead atoms.